The van der Waals surface area contributed by atoms with Crippen molar-refractivity contribution in [2.45, 2.75) is 23.9 Å². The largest absolute Gasteiger partial charge is 0.465 e. The summed E-state index contributed by atoms with van der Waals surface area (Å²) in [5.41, 5.74) is 7.74. The number of hydrogen-bond acceptors (Lipinski definition) is 6. The molecule has 0 aliphatic carbocycles. The van der Waals surface area contributed by atoms with Crippen LogP contribution in [0.2, 0.25) is 0 Å². The normalized spacial score (nSPS) is 10.4. The summed E-state index contributed by atoms with van der Waals surface area (Å²) in [7, 11) is 1.30. The van der Waals surface area contributed by atoms with Crippen molar-refractivity contribution in [1.29, 1.82) is 0 Å². The van der Waals surface area contributed by atoms with Gasteiger partial charge in [0.2, 0.25) is 0 Å². The zero-order chi connectivity index (χ0) is 15.6. The van der Waals surface area contributed by atoms with E-state index in [2.05, 4.69) is 9.97 Å². The van der Waals surface area contributed by atoms with Crippen molar-refractivity contribution in [2.75, 3.05) is 12.8 Å². The van der Waals surface area contributed by atoms with E-state index in [0.29, 0.717) is 22.1 Å². The summed E-state index contributed by atoms with van der Waals surface area (Å²) < 4.78 is 4.71. The molecule has 1 heterocycles. The number of carbonyl (C=O) groups is 1. The summed E-state index contributed by atoms with van der Waals surface area (Å²) in [5.74, 6) is -0.497. The Labute approximate surface area is 125 Å². The lowest BCUT2D eigenvalue weighted by atomic mass is 10.1. The number of benzene rings is 1. The monoisotopic (exact) mass is 305 g/mol. The SMILES string of the molecule is COC(=O)c1cc(Sc2nc(C)cc(=O)[nH]2)cc(C)c1N. The predicted molar refractivity (Wildman–Crippen MR) is 80.6 cm³/mol. The van der Waals surface area contributed by atoms with Gasteiger partial charge in [0, 0.05) is 22.3 Å². The van der Waals surface area contributed by atoms with Crippen LogP contribution in [0.25, 0.3) is 0 Å². The topological polar surface area (TPSA) is 98.1 Å². The quantitative estimate of drug-likeness (QED) is 0.510. The molecule has 7 heteroatoms. The van der Waals surface area contributed by atoms with E-state index in [9.17, 15) is 9.59 Å². The van der Waals surface area contributed by atoms with Crippen LogP contribution in [0.15, 0.2) is 33.0 Å². The minimum Gasteiger partial charge on any atom is -0.465 e. The number of anilines is 1. The molecule has 0 fully saturated rings. The van der Waals surface area contributed by atoms with Gasteiger partial charge in [0.1, 0.15) is 0 Å². The van der Waals surface area contributed by atoms with Crippen LogP contribution < -0.4 is 11.3 Å². The molecular weight excluding hydrogens is 290 g/mol. The summed E-state index contributed by atoms with van der Waals surface area (Å²) in [6.07, 6.45) is 0. The van der Waals surface area contributed by atoms with Gasteiger partial charge >= 0.3 is 5.97 Å². The van der Waals surface area contributed by atoms with Crippen LogP contribution in [-0.2, 0) is 4.74 Å². The molecule has 0 atom stereocenters. The smallest absolute Gasteiger partial charge is 0.340 e. The van der Waals surface area contributed by atoms with E-state index in [1.54, 1.807) is 19.9 Å². The van der Waals surface area contributed by atoms with Crippen molar-refractivity contribution in [3.05, 3.63) is 45.4 Å². The molecule has 1 aromatic heterocycles. The number of esters is 1. The molecule has 3 N–H and O–H groups in total. The van der Waals surface area contributed by atoms with Gasteiger partial charge in [-0.05, 0) is 31.5 Å². The van der Waals surface area contributed by atoms with Gasteiger partial charge in [-0.1, -0.05) is 11.8 Å². The maximum Gasteiger partial charge on any atom is 0.340 e. The molecule has 0 spiro atoms. The Morgan fingerprint density at radius 3 is 2.67 bits per heavy atom. The van der Waals surface area contributed by atoms with Crippen LogP contribution in [0.4, 0.5) is 5.69 Å². The second kappa shape index (κ2) is 6.01. The summed E-state index contributed by atoms with van der Waals surface area (Å²) in [6, 6.07) is 4.87. The van der Waals surface area contributed by atoms with Crippen molar-refractivity contribution in [3.63, 3.8) is 0 Å². The number of aromatic amines is 1. The van der Waals surface area contributed by atoms with E-state index >= 15 is 0 Å². The van der Waals surface area contributed by atoms with Crippen LogP contribution >= 0.6 is 11.8 Å². The summed E-state index contributed by atoms with van der Waals surface area (Å²) in [4.78, 5) is 30.8. The molecule has 0 saturated heterocycles. The Bertz CT molecular complexity index is 756. The first-order valence-electron chi connectivity index (χ1n) is 6.15. The highest BCUT2D eigenvalue weighted by Crippen LogP contribution is 2.30. The predicted octanol–water partition coefficient (Wildman–Crippen LogP) is 1.91. The molecule has 0 amide bonds. The number of nitrogens with one attached hydrogen (secondary N) is 1. The average Bonchev–Trinajstić information content (AvgIpc) is 2.40. The van der Waals surface area contributed by atoms with Gasteiger partial charge in [-0.15, -0.1) is 0 Å². The van der Waals surface area contributed by atoms with E-state index in [1.807, 2.05) is 6.07 Å². The molecule has 110 valence electrons. The van der Waals surface area contributed by atoms with E-state index < -0.39 is 5.97 Å². The molecule has 2 aromatic rings. The maximum absolute atomic E-state index is 11.7. The number of nitrogens with zero attached hydrogens (tertiary/aromatic N) is 1. The van der Waals surface area contributed by atoms with Gasteiger partial charge < -0.3 is 15.5 Å². The number of H-pyrrole nitrogens is 1. The Balaban J connectivity index is 2.43. The average molecular weight is 305 g/mol. The number of nitrogens with two attached hydrogens (primary N) is 1. The number of methoxy groups -OCH3 is 1. The van der Waals surface area contributed by atoms with Gasteiger partial charge in [0.15, 0.2) is 5.16 Å². The van der Waals surface area contributed by atoms with Gasteiger partial charge in [0.25, 0.3) is 5.56 Å². The Kier molecular flexibility index (Phi) is 4.32. The van der Waals surface area contributed by atoms with Crippen LogP contribution in [0.1, 0.15) is 21.6 Å². The molecule has 6 nitrogen and oxygen atoms in total. The number of aromatic nitrogens is 2. The zero-order valence-electron chi connectivity index (χ0n) is 11.9. The number of nitrogen functional groups attached to an aromatic ring is 1. The molecule has 21 heavy (non-hydrogen) atoms. The van der Waals surface area contributed by atoms with Crippen LogP contribution in [0, 0.1) is 13.8 Å². The summed E-state index contributed by atoms with van der Waals surface area (Å²) >= 11 is 1.25. The minimum atomic E-state index is -0.497. The van der Waals surface area contributed by atoms with E-state index in [-0.39, 0.29) is 5.56 Å². The molecule has 0 aliphatic rings. The maximum atomic E-state index is 11.7. The number of rotatable bonds is 3. The number of carbonyl (C=O) groups excluding carboxylic acids is 1. The first-order chi connectivity index (χ1) is 9.90. The number of hydrogen-bond donors (Lipinski definition) is 2. The van der Waals surface area contributed by atoms with E-state index in [4.69, 9.17) is 10.5 Å². The lowest BCUT2D eigenvalue weighted by Gasteiger charge is -2.10. The first kappa shape index (κ1) is 15.1. The highest BCUT2D eigenvalue weighted by Gasteiger charge is 2.14. The van der Waals surface area contributed by atoms with Gasteiger partial charge in [-0.2, -0.15) is 0 Å². The second-order valence-electron chi connectivity index (χ2n) is 4.49. The third-order valence-corrected chi connectivity index (χ3v) is 3.69. The van der Waals surface area contributed by atoms with Crippen molar-refractivity contribution in [2.24, 2.45) is 0 Å². The van der Waals surface area contributed by atoms with E-state index in [0.717, 1.165) is 10.5 Å². The molecule has 2 rings (SSSR count). The fraction of sp³-hybridized carbons (Fsp3) is 0.214. The Morgan fingerprint density at radius 2 is 2.05 bits per heavy atom. The van der Waals surface area contributed by atoms with Gasteiger partial charge in [0.05, 0.1) is 12.7 Å². The molecule has 0 bridgehead atoms. The highest BCUT2D eigenvalue weighted by molar-refractivity contribution is 7.99. The van der Waals surface area contributed by atoms with Crippen LogP contribution in [0.5, 0.6) is 0 Å². The third-order valence-electron chi connectivity index (χ3n) is 2.83. The fourth-order valence-electron chi connectivity index (χ4n) is 1.81. The highest BCUT2D eigenvalue weighted by atomic mass is 32.2. The number of aryl methyl sites for hydroxylation is 2. The van der Waals surface area contributed by atoms with Crippen molar-refractivity contribution < 1.29 is 9.53 Å². The van der Waals surface area contributed by atoms with Crippen molar-refractivity contribution in [1.82, 2.24) is 9.97 Å². The second-order valence-corrected chi connectivity index (χ2v) is 5.55. The van der Waals surface area contributed by atoms with Crippen LogP contribution in [0.3, 0.4) is 0 Å². The molecule has 0 saturated carbocycles. The summed E-state index contributed by atoms with van der Waals surface area (Å²) in [6.45, 7) is 3.55. The molecule has 0 aliphatic heterocycles. The third kappa shape index (κ3) is 3.43. The molecule has 1 aromatic carbocycles. The molecular formula is C14H15N3O3S. The van der Waals surface area contributed by atoms with Crippen molar-refractivity contribution in [3.8, 4) is 0 Å². The Hall–Kier alpha value is -2.28. The summed E-state index contributed by atoms with van der Waals surface area (Å²) in [5, 5.41) is 0.458. The lowest BCUT2D eigenvalue weighted by molar-refractivity contribution is 0.0601. The molecule has 0 unspecified atom stereocenters. The molecule has 0 radical (unpaired) electrons. The Morgan fingerprint density at radius 1 is 1.33 bits per heavy atom. The number of ether oxygens (including phenoxy) is 1. The minimum absolute atomic E-state index is 0.217. The van der Waals surface area contributed by atoms with Crippen LogP contribution in [-0.4, -0.2) is 23.0 Å². The zero-order valence-corrected chi connectivity index (χ0v) is 12.7. The lowest BCUT2D eigenvalue weighted by Crippen LogP contribution is -2.09. The van der Waals surface area contributed by atoms with Gasteiger partial charge in [-0.25, -0.2) is 9.78 Å². The van der Waals surface area contributed by atoms with Crippen molar-refractivity contribution >= 4 is 23.4 Å². The fourth-order valence-corrected chi connectivity index (χ4v) is 2.79. The first-order valence-corrected chi connectivity index (χ1v) is 6.96. The van der Waals surface area contributed by atoms with Gasteiger partial charge in [-0.3, -0.25) is 4.79 Å². The standard InChI is InChI=1S/C14H15N3O3S/c1-7-4-9(6-10(12(7)15)13(19)20-3)21-14-16-8(2)5-11(18)17-14/h4-6H,15H2,1-3H3,(H,16,17,18). The van der Waals surface area contributed by atoms with E-state index in [1.165, 1.54) is 24.9 Å².